The molecule has 0 aliphatic carbocycles. The molecule has 0 aliphatic heterocycles. The monoisotopic (exact) mass is 416 g/mol. The molecule has 0 aliphatic rings. The van der Waals surface area contributed by atoms with Crippen molar-refractivity contribution in [2.45, 2.75) is 31.8 Å². The number of carbonyl (C=O) groups excluding carboxylic acids is 3. The molecule has 30 heavy (non-hydrogen) atoms. The number of benzene rings is 2. The highest BCUT2D eigenvalue weighted by Crippen LogP contribution is 2.15. The van der Waals surface area contributed by atoms with Crippen LogP contribution in [-0.4, -0.2) is 44.1 Å². The molecular formula is C22H25FN2O5. The number of rotatable bonds is 9. The smallest absolute Gasteiger partial charge is 0.328 e. The van der Waals surface area contributed by atoms with E-state index in [2.05, 4.69) is 10.6 Å². The first-order valence-electron chi connectivity index (χ1n) is 9.35. The second-order valence-electron chi connectivity index (χ2n) is 6.69. The lowest BCUT2D eigenvalue weighted by Crippen LogP contribution is -2.53. The van der Waals surface area contributed by atoms with Crippen LogP contribution in [0, 0.1) is 5.82 Å². The maximum Gasteiger partial charge on any atom is 0.328 e. The number of methoxy groups -OCH3 is 2. The second kappa shape index (κ2) is 10.9. The van der Waals surface area contributed by atoms with Gasteiger partial charge in [-0.2, -0.15) is 0 Å². The third-order valence-electron chi connectivity index (χ3n) is 4.45. The number of nitrogens with one attached hydrogen (secondary N) is 2. The van der Waals surface area contributed by atoms with Crippen molar-refractivity contribution >= 4 is 17.8 Å². The van der Waals surface area contributed by atoms with E-state index in [-0.39, 0.29) is 18.4 Å². The summed E-state index contributed by atoms with van der Waals surface area (Å²) in [5.41, 5.74) is 1.02. The Labute approximate surface area is 174 Å². The molecule has 8 heteroatoms. The summed E-state index contributed by atoms with van der Waals surface area (Å²) in [6, 6.07) is 11.0. The third kappa shape index (κ3) is 6.58. The van der Waals surface area contributed by atoms with Crippen LogP contribution in [0.5, 0.6) is 5.75 Å². The Balaban J connectivity index is 2.19. The molecule has 0 fully saturated rings. The van der Waals surface area contributed by atoms with Gasteiger partial charge in [0.2, 0.25) is 11.8 Å². The predicted molar refractivity (Wildman–Crippen MR) is 108 cm³/mol. The first-order valence-corrected chi connectivity index (χ1v) is 9.35. The molecule has 2 aromatic carbocycles. The van der Waals surface area contributed by atoms with E-state index in [9.17, 15) is 18.8 Å². The van der Waals surface area contributed by atoms with Gasteiger partial charge >= 0.3 is 5.97 Å². The zero-order valence-corrected chi connectivity index (χ0v) is 17.1. The summed E-state index contributed by atoms with van der Waals surface area (Å²) in [6.07, 6.45) is 0.0905. The third-order valence-corrected chi connectivity index (χ3v) is 4.45. The fraction of sp³-hybridized carbons (Fsp3) is 0.318. The van der Waals surface area contributed by atoms with Gasteiger partial charge in [0.1, 0.15) is 23.7 Å². The fourth-order valence-electron chi connectivity index (χ4n) is 2.98. The average molecular weight is 416 g/mol. The van der Waals surface area contributed by atoms with E-state index in [0.717, 1.165) is 5.56 Å². The number of amides is 2. The van der Waals surface area contributed by atoms with E-state index in [1.165, 1.54) is 39.3 Å². The second-order valence-corrected chi connectivity index (χ2v) is 6.69. The van der Waals surface area contributed by atoms with Crippen molar-refractivity contribution in [2.75, 3.05) is 14.2 Å². The van der Waals surface area contributed by atoms with Crippen LogP contribution in [0.3, 0.4) is 0 Å². The molecule has 0 heterocycles. The number of ether oxygens (including phenoxy) is 2. The molecule has 0 radical (unpaired) electrons. The maximum atomic E-state index is 14.0. The summed E-state index contributed by atoms with van der Waals surface area (Å²) in [5.74, 6) is -1.58. The van der Waals surface area contributed by atoms with Gasteiger partial charge < -0.3 is 20.1 Å². The van der Waals surface area contributed by atoms with E-state index < -0.39 is 35.7 Å². The van der Waals surface area contributed by atoms with Gasteiger partial charge in [-0.15, -0.1) is 0 Å². The van der Waals surface area contributed by atoms with Crippen LogP contribution in [-0.2, 0) is 32.0 Å². The van der Waals surface area contributed by atoms with Crippen LogP contribution >= 0.6 is 0 Å². The summed E-state index contributed by atoms with van der Waals surface area (Å²) >= 11 is 0. The number of esters is 1. The summed E-state index contributed by atoms with van der Waals surface area (Å²) in [4.78, 5) is 36.7. The van der Waals surface area contributed by atoms with Gasteiger partial charge in [-0.3, -0.25) is 9.59 Å². The van der Waals surface area contributed by atoms with Crippen LogP contribution in [0.4, 0.5) is 4.39 Å². The molecule has 2 amide bonds. The Morgan fingerprint density at radius 3 is 2.33 bits per heavy atom. The Morgan fingerprint density at radius 2 is 1.70 bits per heavy atom. The normalized spacial score (nSPS) is 12.4. The minimum absolute atomic E-state index is 0.0643. The lowest BCUT2D eigenvalue weighted by atomic mass is 10.0. The molecule has 2 atom stereocenters. The molecule has 160 valence electrons. The number of hydrogen-bond acceptors (Lipinski definition) is 5. The maximum absolute atomic E-state index is 14.0. The van der Waals surface area contributed by atoms with Crippen LogP contribution in [0.25, 0.3) is 0 Å². The summed E-state index contributed by atoms with van der Waals surface area (Å²) < 4.78 is 24.0. The van der Waals surface area contributed by atoms with Crippen molar-refractivity contribution in [1.82, 2.24) is 10.6 Å². The van der Waals surface area contributed by atoms with Crippen LogP contribution in [0.15, 0.2) is 48.5 Å². The Bertz CT molecular complexity index is 903. The molecule has 2 rings (SSSR count). The van der Waals surface area contributed by atoms with Crippen LogP contribution in [0.1, 0.15) is 18.1 Å². The summed E-state index contributed by atoms with van der Waals surface area (Å²) in [5, 5.41) is 5.12. The molecule has 0 saturated heterocycles. The predicted octanol–water partition coefficient (Wildman–Crippen LogP) is 1.78. The number of hydrogen-bond donors (Lipinski definition) is 2. The number of halogens is 1. The molecule has 7 nitrogen and oxygen atoms in total. The molecule has 2 N–H and O–H groups in total. The topological polar surface area (TPSA) is 93.7 Å². The lowest BCUT2D eigenvalue weighted by molar-refractivity contribution is -0.145. The van der Waals surface area contributed by atoms with Gasteiger partial charge in [-0.1, -0.05) is 30.3 Å². The minimum atomic E-state index is -1.06. The van der Waals surface area contributed by atoms with Crippen LogP contribution < -0.4 is 15.4 Å². The van der Waals surface area contributed by atoms with Crippen molar-refractivity contribution in [1.29, 1.82) is 0 Å². The first kappa shape index (κ1) is 22.9. The van der Waals surface area contributed by atoms with Gasteiger partial charge in [-0.05, 0) is 29.3 Å². The quantitative estimate of drug-likeness (QED) is 0.608. The van der Waals surface area contributed by atoms with Gasteiger partial charge in [0.25, 0.3) is 0 Å². The highest BCUT2D eigenvalue weighted by Gasteiger charge is 2.28. The van der Waals surface area contributed by atoms with E-state index in [1.807, 2.05) is 0 Å². The number of carbonyl (C=O) groups is 3. The zero-order valence-electron chi connectivity index (χ0n) is 17.1. The molecule has 0 unspecified atom stereocenters. The fourth-order valence-corrected chi connectivity index (χ4v) is 2.98. The van der Waals surface area contributed by atoms with Gasteiger partial charge in [0, 0.05) is 19.8 Å². The van der Waals surface area contributed by atoms with Crippen molar-refractivity contribution in [3.8, 4) is 5.75 Å². The standard InChI is InChI=1S/C22H25FN2O5/c1-14(26)24-19(13-16-8-4-5-10-18(16)23)21(27)25-20(22(28)30-3)12-15-7-6-9-17(11-15)29-2/h4-11,19-20H,12-13H2,1-3H3,(H,24,26)(H,25,27)/t19-,20-/m1/s1. The molecular weight excluding hydrogens is 391 g/mol. The Morgan fingerprint density at radius 1 is 0.967 bits per heavy atom. The van der Waals surface area contributed by atoms with E-state index >= 15 is 0 Å². The van der Waals surface area contributed by atoms with Gasteiger partial charge in [0.05, 0.1) is 14.2 Å². The van der Waals surface area contributed by atoms with E-state index in [1.54, 1.807) is 30.3 Å². The van der Waals surface area contributed by atoms with Crippen molar-refractivity contribution < 1.29 is 28.2 Å². The van der Waals surface area contributed by atoms with Crippen molar-refractivity contribution in [3.63, 3.8) is 0 Å². The van der Waals surface area contributed by atoms with Crippen molar-refractivity contribution in [2.24, 2.45) is 0 Å². The molecule has 0 spiro atoms. The SMILES string of the molecule is COC(=O)[C@@H](Cc1cccc(OC)c1)NC(=O)[C@@H](Cc1ccccc1F)NC(C)=O. The van der Waals surface area contributed by atoms with E-state index in [0.29, 0.717) is 5.75 Å². The van der Waals surface area contributed by atoms with Crippen molar-refractivity contribution in [3.05, 3.63) is 65.5 Å². The van der Waals surface area contributed by atoms with Gasteiger partial charge in [-0.25, -0.2) is 9.18 Å². The average Bonchev–Trinajstić information content (AvgIpc) is 2.73. The Hall–Kier alpha value is -3.42. The highest BCUT2D eigenvalue weighted by molar-refractivity contribution is 5.90. The zero-order chi connectivity index (χ0) is 22.1. The van der Waals surface area contributed by atoms with E-state index in [4.69, 9.17) is 9.47 Å². The molecule has 0 aromatic heterocycles. The van der Waals surface area contributed by atoms with Crippen LogP contribution in [0.2, 0.25) is 0 Å². The minimum Gasteiger partial charge on any atom is -0.497 e. The van der Waals surface area contributed by atoms with Gasteiger partial charge in [0.15, 0.2) is 0 Å². The molecule has 0 bridgehead atoms. The first-order chi connectivity index (χ1) is 14.3. The highest BCUT2D eigenvalue weighted by atomic mass is 19.1. The molecule has 0 saturated carbocycles. The largest absolute Gasteiger partial charge is 0.497 e. The lowest BCUT2D eigenvalue weighted by Gasteiger charge is -2.22. The Kier molecular flexibility index (Phi) is 8.34. The summed E-state index contributed by atoms with van der Waals surface area (Å²) in [6.45, 7) is 1.26. The molecule has 2 aromatic rings. The summed E-state index contributed by atoms with van der Waals surface area (Å²) in [7, 11) is 2.75.